The Morgan fingerprint density at radius 2 is 1.86 bits per heavy atom. The molecule has 0 amide bonds. The summed E-state index contributed by atoms with van der Waals surface area (Å²) in [5.74, 6) is -0.307. The molecule has 28 heavy (non-hydrogen) atoms. The highest BCUT2D eigenvalue weighted by molar-refractivity contribution is 5.13. The first-order valence-corrected chi connectivity index (χ1v) is 10.9. The van der Waals surface area contributed by atoms with Crippen LogP contribution in [0.5, 0.6) is 0 Å². The lowest BCUT2D eigenvalue weighted by Gasteiger charge is -2.26. The van der Waals surface area contributed by atoms with E-state index in [0.29, 0.717) is 26.2 Å². The van der Waals surface area contributed by atoms with Crippen molar-refractivity contribution in [2.45, 2.75) is 89.7 Å². The highest BCUT2D eigenvalue weighted by atomic mass is 16.7. The van der Waals surface area contributed by atoms with E-state index < -0.39 is 11.9 Å². The smallest absolute Gasteiger partial charge is 0.168 e. The van der Waals surface area contributed by atoms with Gasteiger partial charge in [0.15, 0.2) is 5.79 Å². The van der Waals surface area contributed by atoms with E-state index in [1.165, 1.54) is 5.56 Å². The predicted molar refractivity (Wildman–Crippen MR) is 108 cm³/mol. The lowest BCUT2D eigenvalue weighted by molar-refractivity contribution is -0.175. The van der Waals surface area contributed by atoms with Crippen LogP contribution in [0.15, 0.2) is 30.3 Å². The first kappa shape index (κ1) is 21.7. The van der Waals surface area contributed by atoms with E-state index in [1.54, 1.807) is 0 Å². The van der Waals surface area contributed by atoms with Crippen LogP contribution in [0.4, 0.5) is 0 Å². The number of aliphatic hydroxyl groups is 1. The van der Waals surface area contributed by atoms with Crippen molar-refractivity contribution < 1.29 is 24.1 Å². The van der Waals surface area contributed by atoms with Gasteiger partial charge in [-0.2, -0.15) is 0 Å². The van der Waals surface area contributed by atoms with E-state index in [1.807, 2.05) is 18.2 Å². The maximum absolute atomic E-state index is 10.8. The molecule has 1 aromatic carbocycles. The molecule has 158 valence electrons. The number of aliphatic hydroxyl groups excluding tert-OH is 1. The molecule has 5 heteroatoms. The summed E-state index contributed by atoms with van der Waals surface area (Å²) < 4.78 is 24.2. The zero-order valence-electron chi connectivity index (χ0n) is 17.5. The van der Waals surface area contributed by atoms with Crippen molar-refractivity contribution in [1.82, 2.24) is 0 Å². The number of ether oxygens (including phenoxy) is 4. The van der Waals surface area contributed by atoms with Gasteiger partial charge in [-0.3, -0.25) is 0 Å². The maximum atomic E-state index is 10.8. The fraction of sp³-hybridized carbons (Fsp3) is 0.739. The molecule has 2 heterocycles. The molecule has 0 spiro atoms. The summed E-state index contributed by atoms with van der Waals surface area (Å²) in [7, 11) is 0. The average Bonchev–Trinajstić information content (AvgIpc) is 3.27. The average molecular weight is 393 g/mol. The molecule has 0 radical (unpaired) electrons. The van der Waals surface area contributed by atoms with Gasteiger partial charge in [-0.05, 0) is 31.2 Å². The van der Waals surface area contributed by atoms with E-state index in [0.717, 1.165) is 25.7 Å². The van der Waals surface area contributed by atoms with Crippen LogP contribution in [0.3, 0.4) is 0 Å². The van der Waals surface area contributed by atoms with Gasteiger partial charge >= 0.3 is 0 Å². The molecule has 2 aliphatic rings. The van der Waals surface area contributed by atoms with Crippen LogP contribution in [-0.4, -0.2) is 48.5 Å². The van der Waals surface area contributed by atoms with Crippen molar-refractivity contribution in [2.75, 3.05) is 13.2 Å². The highest BCUT2D eigenvalue weighted by Gasteiger charge is 2.46. The molecule has 1 unspecified atom stereocenters. The standard InChI is InChI=1S/C23H36O5/c1-4-19-20(12-13-25-15-17-10-8-7-9-11-17)27-21(22(19)24)14-18-16-26-23(5-2,6-3)28-18/h7-11,18-22,24H,4-6,12-16H2,1-3H3/t18?,19-,20-,21+,22+/m0/s1. The summed E-state index contributed by atoms with van der Waals surface area (Å²) in [6.07, 6.45) is 3.44. The number of benzene rings is 1. The summed E-state index contributed by atoms with van der Waals surface area (Å²) in [5.41, 5.74) is 1.17. The second-order valence-electron chi connectivity index (χ2n) is 8.01. The molecular formula is C23H36O5. The summed E-state index contributed by atoms with van der Waals surface area (Å²) in [5, 5.41) is 10.8. The Hall–Kier alpha value is -0.980. The second kappa shape index (κ2) is 10.2. The van der Waals surface area contributed by atoms with Gasteiger partial charge in [0.2, 0.25) is 0 Å². The van der Waals surface area contributed by atoms with Crippen LogP contribution in [0.25, 0.3) is 0 Å². The molecule has 5 nitrogen and oxygen atoms in total. The first-order chi connectivity index (χ1) is 13.6. The molecule has 2 aliphatic heterocycles. The van der Waals surface area contributed by atoms with Crippen molar-refractivity contribution in [3.63, 3.8) is 0 Å². The van der Waals surface area contributed by atoms with Gasteiger partial charge in [-0.25, -0.2) is 0 Å². The molecule has 0 aliphatic carbocycles. The van der Waals surface area contributed by atoms with E-state index >= 15 is 0 Å². The van der Waals surface area contributed by atoms with Gasteiger partial charge < -0.3 is 24.1 Å². The lowest BCUT2D eigenvalue weighted by atomic mass is 9.90. The van der Waals surface area contributed by atoms with Crippen LogP contribution < -0.4 is 0 Å². The van der Waals surface area contributed by atoms with Gasteiger partial charge in [0, 0.05) is 18.9 Å². The van der Waals surface area contributed by atoms with Crippen LogP contribution in [0, 0.1) is 5.92 Å². The Balaban J connectivity index is 1.46. The Morgan fingerprint density at radius 3 is 2.50 bits per heavy atom. The van der Waals surface area contributed by atoms with Gasteiger partial charge in [-0.15, -0.1) is 0 Å². The summed E-state index contributed by atoms with van der Waals surface area (Å²) in [6.45, 7) is 8.12. The van der Waals surface area contributed by atoms with Crippen molar-refractivity contribution in [1.29, 1.82) is 0 Å². The van der Waals surface area contributed by atoms with Crippen LogP contribution in [0.2, 0.25) is 0 Å². The lowest BCUT2D eigenvalue weighted by Crippen LogP contribution is -2.33. The quantitative estimate of drug-likeness (QED) is 0.608. The zero-order valence-corrected chi connectivity index (χ0v) is 17.5. The molecule has 2 saturated heterocycles. The minimum Gasteiger partial charge on any atom is -0.390 e. The van der Waals surface area contributed by atoms with Crippen molar-refractivity contribution in [2.24, 2.45) is 5.92 Å². The number of hydrogen-bond donors (Lipinski definition) is 1. The fourth-order valence-electron chi connectivity index (χ4n) is 4.46. The predicted octanol–water partition coefficient (Wildman–Crippen LogP) is 4.07. The Labute approximate surface area is 169 Å². The van der Waals surface area contributed by atoms with E-state index in [9.17, 15) is 5.11 Å². The topological polar surface area (TPSA) is 57.2 Å². The molecule has 3 rings (SSSR count). The molecule has 0 saturated carbocycles. The number of hydrogen-bond acceptors (Lipinski definition) is 5. The van der Waals surface area contributed by atoms with Crippen LogP contribution in [-0.2, 0) is 25.6 Å². The molecule has 1 aromatic rings. The molecule has 0 bridgehead atoms. The normalized spacial score (nSPS) is 32.1. The SMILES string of the molecule is CC[C@@H]1[C@@H](O)[C@@H](CC2COC(CC)(CC)O2)O[C@H]1CCOCc1ccccc1. The third kappa shape index (κ3) is 5.14. The number of rotatable bonds is 10. The Kier molecular flexibility index (Phi) is 7.89. The Bertz CT molecular complexity index is 574. The van der Waals surface area contributed by atoms with Crippen molar-refractivity contribution in [3.8, 4) is 0 Å². The van der Waals surface area contributed by atoms with E-state index in [-0.39, 0.29) is 24.2 Å². The van der Waals surface area contributed by atoms with Gasteiger partial charge in [0.1, 0.15) is 0 Å². The van der Waals surface area contributed by atoms with Gasteiger partial charge in [-0.1, -0.05) is 51.1 Å². The maximum Gasteiger partial charge on any atom is 0.168 e. The zero-order chi connectivity index (χ0) is 20.0. The summed E-state index contributed by atoms with van der Waals surface area (Å²) in [6, 6.07) is 10.2. The van der Waals surface area contributed by atoms with Crippen LogP contribution in [0.1, 0.15) is 58.4 Å². The first-order valence-electron chi connectivity index (χ1n) is 10.9. The summed E-state index contributed by atoms with van der Waals surface area (Å²) >= 11 is 0. The van der Waals surface area contributed by atoms with E-state index in [4.69, 9.17) is 18.9 Å². The van der Waals surface area contributed by atoms with Gasteiger partial charge in [0.25, 0.3) is 0 Å². The summed E-state index contributed by atoms with van der Waals surface area (Å²) in [4.78, 5) is 0. The van der Waals surface area contributed by atoms with Crippen LogP contribution >= 0.6 is 0 Å². The highest BCUT2D eigenvalue weighted by Crippen LogP contribution is 2.37. The molecular weight excluding hydrogens is 356 g/mol. The van der Waals surface area contributed by atoms with E-state index in [2.05, 4.69) is 32.9 Å². The molecule has 5 atom stereocenters. The van der Waals surface area contributed by atoms with Gasteiger partial charge in [0.05, 0.1) is 37.6 Å². The molecule has 2 fully saturated rings. The molecule has 0 aromatic heterocycles. The minimum atomic E-state index is -0.455. The Morgan fingerprint density at radius 1 is 1.11 bits per heavy atom. The third-order valence-corrected chi connectivity index (χ3v) is 6.26. The monoisotopic (exact) mass is 392 g/mol. The third-order valence-electron chi connectivity index (χ3n) is 6.26. The second-order valence-corrected chi connectivity index (χ2v) is 8.01. The minimum absolute atomic E-state index is 0.00913. The largest absolute Gasteiger partial charge is 0.390 e. The fourth-order valence-corrected chi connectivity index (χ4v) is 4.46. The van der Waals surface area contributed by atoms with Crippen molar-refractivity contribution >= 4 is 0 Å². The van der Waals surface area contributed by atoms with Crippen molar-refractivity contribution in [3.05, 3.63) is 35.9 Å². The molecule has 1 N–H and O–H groups in total.